The highest BCUT2D eigenvalue weighted by molar-refractivity contribution is 7.90. The molecule has 0 spiro atoms. The minimum Gasteiger partial charge on any atom is -0.481 e. The van der Waals surface area contributed by atoms with Crippen molar-refractivity contribution in [2.24, 2.45) is 0 Å². The van der Waals surface area contributed by atoms with Crippen LogP contribution in [0.3, 0.4) is 0 Å². The van der Waals surface area contributed by atoms with Crippen LogP contribution in [0, 0.1) is 0 Å². The second-order valence-electron chi connectivity index (χ2n) is 5.15. The molecule has 1 saturated heterocycles. The molecule has 1 fully saturated rings. The minimum atomic E-state index is -3.63. The summed E-state index contributed by atoms with van der Waals surface area (Å²) in [4.78, 5) is 10.8. The molecule has 0 aromatic heterocycles. The summed E-state index contributed by atoms with van der Waals surface area (Å²) in [5.41, 5.74) is 0.799. The molecule has 1 aliphatic heterocycles. The fourth-order valence-electron chi connectivity index (χ4n) is 2.42. The third-order valence-electron chi connectivity index (χ3n) is 3.50. The maximum Gasteiger partial charge on any atom is 0.307 e. The lowest BCUT2D eigenvalue weighted by atomic mass is 10.1. The van der Waals surface area contributed by atoms with Crippen LogP contribution >= 0.6 is 0 Å². The molecule has 0 amide bonds. The van der Waals surface area contributed by atoms with Gasteiger partial charge in [0.25, 0.3) is 0 Å². The molecule has 0 aliphatic carbocycles. The molecule has 1 aromatic rings. The van der Waals surface area contributed by atoms with E-state index < -0.39 is 16.2 Å². The number of anilines is 1. The normalized spacial score (nSPS) is 17.1. The number of hydrogen-bond acceptors (Lipinski definition) is 3. The van der Waals surface area contributed by atoms with Gasteiger partial charge < -0.3 is 5.11 Å². The number of rotatable bonds is 5. The van der Waals surface area contributed by atoms with E-state index in [-0.39, 0.29) is 6.42 Å². The average molecular weight is 312 g/mol. The van der Waals surface area contributed by atoms with E-state index in [9.17, 15) is 13.2 Å². The third-order valence-corrected chi connectivity index (χ3v) is 5.03. The molecule has 1 aromatic carbocycles. The van der Waals surface area contributed by atoms with Crippen molar-refractivity contribution in [1.29, 1.82) is 0 Å². The Bertz CT molecular complexity index is 593. The van der Waals surface area contributed by atoms with Gasteiger partial charge in [0, 0.05) is 13.1 Å². The van der Waals surface area contributed by atoms with Crippen molar-refractivity contribution in [1.82, 2.24) is 4.31 Å². The zero-order valence-electron chi connectivity index (χ0n) is 11.8. The van der Waals surface area contributed by atoms with E-state index in [1.807, 2.05) is 0 Å². The molecule has 6 nitrogen and oxygen atoms in total. The zero-order chi connectivity index (χ0) is 15.3. The van der Waals surface area contributed by atoms with Crippen LogP contribution in [0.1, 0.15) is 31.2 Å². The Morgan fingerprint density at radius 1 is 1.14 bits per heavy atom. The standard InChI is InChI=1S/C14H20N2O4S/c17-14(18)11-12-7-3-4-8-13(12)15-21(19,20)16-9-5-1-2-6-10-16/h3-4,7-8,15H,1-2,5-6,9-11H2,(H,17,18). The molecule has 7 heteroatoms. The fraction of sp³-hybridized carbons (Fsp3) is 0.500. The van der Waals surface area contributed by atoms with Gasteiger partial charge in [0.1, 0.15) is 0 Å². The molecule has 0 atom stereocenters. The van der Waals surface area contributed by atoms with Crippen molar-refractivity contribution >= 4 is 21.9 Å². The van der Waals surface area contributed by atoms with E-state index in [0.717, 1.165) is 25.7 Å². The molecule has 1 heterocycles. The van der Waals surface area contributed by atoms with E-state index in [4.69, 9.17) is 5.11 Å². The first kappa shape index (κ1) is 15.8. The Morgan fingerprint density at radius 3 is 2.38 bits per heavy atom. The molecule has 2 N–H and O–H groups in total. The molecule has 2 rings (SSSR count). The van der Waals surface area contributed by atoms with E-state index >= 15 is 0 Å². The number of nitrogens with zero attached hydrogens (tertiary/aromatic N) is 1. The van der Waals surface area contributed by atoms with E-state index in [0.29, 0.717) is 24.3 Å². The van der Waals surface area contributed by atoms with Gasteiger partial charge in [-0.3, -0.25) is 9.52 Å². The topological polar surface area (TPSA) is 86.7 Å². The summed E-state index contributed by atoms with van der Waals surface area (Å²) in [5, 5.41) is 8.89. The predicted octanol–water partition coefficient (Wildman–Crippen LogP) is 1.85. The predicted molar refractivity (Wildman–Crippen MR) is 80.4 cm³/mol. The number of aliphatic carboxylic acids is 1. The quantitative estimate of drug-likeness (QED) is 0.868. The Balaban J connectivity index is 2.17. The number of benzene rings is 1. The molecule has 0 saturated carbocycles. The second-order valence-corrected chi connectivity index (χ2v) is 6.82. The van der Waals surface area contributed by atoms with Gasteiger partial charge in [-0.2, -0.15) is 12.7 Å². The lowest BCUT2D eigenvalue weighted by Gasteiger charge is -2.21. The molecule has 0 radical (unpaired) electrons. The van der Waals surface area contributed by atoms with Crippen molar-refractivity contribution < 1.29 is 18.3 Å². The van der Waals surface area contributed by atoms with Crippen LogP contribution in [0.15, 0.2) is 24.3 Å². The average Bonchev–Trinajstić information content (AvgIpc) is 2.69. The largest absolute Gasteiger partial charge is 0.481 e. The highest BCUT2D eigenvalue weighted by Crippen LogP contribution is 2.20. The van der Waals surface area contributed by atoms with Gasteiger partial charge in [0.05, 0.1) is 12.1 Å². The van der Waals surface area contributed by atoms with Gasteiger partial charge in [-0.1, -0.05) is 31.0 Å². The van der Waals surface area contributed by atoms with E-state index in [1.54, 1.807) is 24.3 Å². The lowest BCUT2D eigenvalue weighted by Crippen LogP contribution is -2.36. The number of para-hydroxylation sites is 1. The maximum absolute atomic E-state index is 12.4. The minimum absolute atomic E-state index is 0.210. The zero-order valence-corrected chi connectivity index (χ0v) is 12.6. The van der Waals surface area contributed by atoms with E-state index in [1.165, 1.54) is 4.31 Å². The van der Waals surface area contributed by atoms with Gasteiger partial charge in [0.2, 0.25) is 0 Å². The van der Waals surface area contributed by atoms with Crippen LogP contribution in [0.2, 0.25) is 0 Å². The van der Waals surface area contributed by atoms with Crippen LogP contribution in [-0.2, 0) is 21.4 Å². The van der Waals surface area contributed by atoms with E-state index in [2.05, 4.69) is 4.72 Å². The number of nitrogens with one attached hydrogen (secondary N) is 1. The summed E-state index contributed by atoms with van der Waals surface area (Å²) in [6, 6.07) is 6.59. The van der Waals surface area contributed by atoms with Crippen molar-refractivity contribution in [2.75, 3.05) is 17.8 Å². The fourth-order valence-corrected chi connectivity index (χ4v) is 3.77. The van der Waals surface area contributed by atoms with Crippen LogP contribution in [-0.4, -0.2) is 36.9 Å². The Labute approximate surface area is 125 Å². The molecule has 0 unspecified atom stereocenters. The molecule has 21 heavy (non-hydrogen) atoms. The summed E-state index contributed by atoms with van der Waals surface area (Å²) in [6.45, 7) is 1.02. The van der Waals surface area contributed by atoms with Gasteiger partial charge in [-0.05, 0) is 24.5 Å². The van der Waals surface area contributed by atoms with Gasteiger partial charge in [0.15, 0.2) is 0 Å². The third kappa shape index (κ3) is 4.44. The summed E-state index contributed by atoms with van der Waals surface area (Å²) < 4.78 is 28.8. The Hall–Kier alpha value is -1.60. The van der Waals surface area contributed by atoms with Crippen molar-refractivity contribution in [2.45, 2.75) is 32.1 Å². The van der Waals surface area contributed by atoms with Crippen LogP contribution < -0.4 is 4.72 Å². The number of hydrogen-bond donors (Lipinski definition) is 2. The maximum atomic E-state index is 12.4. The molecule has 116 valence electrons. The highest BCUT2D eigenvalue weighted by Gasteiger charge is 2.23. The molecular formula is C14H20N2O4S. The smallest absolute Gasteiger partial charge is 0.307 e. The van der Waals surface area contributed by atoms with Gasteiger partial charge in [-0.15, -0.1) is 0 Å². The van der Waals surface area contributed by atoms with Gasteiger partial charge >= 0.3 is 16.2 Å². The van der Waals surface area contributed by atoms with Crippen LogP contribution in [0.5, 0.6) is 0 Å². The summed E-state index contributed by atoms with van der Waals surface area (Å²) in [5.74, 6) is -0.989. The molecular weight excluding hydrogens is 292 g/mol. The monoisotopic (exact) mass is 312 g/mol. The first-order chi connectivity index (χ1) is 9.99. The van der Waals surface area contributed by atoms with Crippen LogP contribution in [0.25, 0.3) is 0 Å². The summed E-state index contributed by atoms with van der Waals surface area (Å²) in [7, 11) is -3.63. The Morgan fingerprint density at radius 2 is 1.76 bits per heavy atom. The number of carboxylic acid groups (broad SMARTS) is 1. The lowest BCUT2D eigenvalue weighted by molar-refractivity contribution is -0.136. The van der Waals surface area contributed by atoms with Gasteiger partial charge in [-0.25, -0.2) is 0 Å². The van der Waals surface area contributed by atoms with Crippen molar-refractivity contribution in [3.8, 4) is 0 Å². The van der Waals surface area contributed by atoms with Crippen molar-refractivity contribution in [3.05, 3.63) is 29.8 Å². The first-order valence-electron chi connectivity index (χ1n) is 7.06. The second kappa shape index (κ2) is 6.91. The SMILES string of the molecule is O=C(O)Cc1ccccc1NS(=O)(=O)N1CCCCCC1. The molecule has 0 bridgehead atoms. The Kier molecular flexibility index (Phi) is 5.19. The molecule has 1 aliphatic rings. The number of carboxylic acids is 1. The first-order valence-corrected chi connectivity index (χ1v) is 8.50. The summed E-state index contributed by atoms with van der Waals surface area (Å²) >= 11 is 0. The number of carbonyl (C=O) groups is 1. The van der Waals surface area contributed by atoms with Crippen molar-refractivity contribution in [3.63, 3.8) is 0 Å². The summed E-state index contributed by atoms with van der Waals surface area (Å²) in [6.07, 6.45) is 3.59. The van der Waals surface area contributed by atoms with Crippen LogP contribution in [0.4, 0.5) is 5.69 Å². The highest BCUT2D eigenvalue weighted by atomic mass is 32.2.